The highest BCUT2D eigenvalue weighted by molar-refractivity contribution is 6.22. The molecule has 0 aromatic heterocycles. The van der Waals surface area contributed by atoms with Crippen LogP contribution in [0.25, 0.3) is 65.7 Å². The summed E-state index contributed by atoms with van der Waals surface area (Å²) in [5.41, 5.74) is 23.2. The highest BCUT2D eigenvalue weighted by Gasteiger charge is 2.54. The Bertz CT molecular complexity index is 3170. The number of anilines is 3. The van der Waals surface area contributed by atoms with Gasteiger partial charge in [-0.2, -0.15) is 0 Å². The number of nitrogen functional groups attached to an aromatic ring is 1. The molecule has 0 fully saturated rings. The highest BCUT2D eigenvalue weighted by Crippen LogP contribution is 2.67. The Morgan fingerprint density at radius 2 is 0.897 bits per heavy atom. The summed E-state index contributed by atoms with van der Waals surface area (Å²) in [5.74, 6) is 0. The van der Waals surface area contributed by atoms with Crippen molar-refractivity contribution < 1.29 is 0 Å². The van der Waals surface area contributed by atoms with Crippen LogP contribution in [0.15, 0.2) is 206 Å². The maximum atomic E-state index is 6.81. The molecule has 1 spiro atoms. The first kappa shape index (κ1) is 33.9. The molecule has 274 valence electrons. The summed E-state index contributed by atoms with van der Waals surface area (Å²) in [4.78, 5) is 0. The topological polar surface area (TPSA) is 38.0 Å². The summed E-state index contributed by atoms with van der Waals surface area (Å²) in [6.07, 6.45) is 0. The van der Waals surface area contributed by atoms with E-state index >= 15 is 0 Å². The summed E-state index contributed by atoms with van der Waals surface area (Å²) in [6.45, 7) is 2.08. The Labute approximate surface area is 338 Å². The van der Waals surface area contributed by atoms with Crippen molar-refractivity contribution in [2.75, 3.05) is 11.1 Å². The first-order valence-corrected chi connectivity index (χ1v) is 20.1. The van der Waals surface area contributed by atoms with Gasteiger partial charge in [0, 0.05) is 5.69 Å². The molecule has 0 aliphatic heterocycles. The SMILES string of the molecule is Cc1ccccc1.Nc1cc(-c2cc3c(c4ccccc24)C2(c4ccccc4-c4ccccc42)c2c-3c3ccccc3c3ccccc23)ccc1Nc1ccccc1. The van der Waals surface area contributed by atoms with Gasteiger partial charge in [0.15, 0.2) is 0 Å². The lowest BCUT2D eigenvalue weighted by Crippen LogP contribution is -2.26. The number of nitrogens with two attached hydrogens (primary N) is 1. The van der Waals surface area contributed by atoms with Crippen molar-refractivity contribution in [3.63, 3.8) is 0 Å². The van der Waals surface area contributed by atoms with E-state index in [0.29, 0.717) is 5.69 Å². The molecule has 0 atom stereocenters. The minimum Gasteiger partial charge on any atom is -0.397 e. The summed E-state index contributed by atoms with van der Waals surface area (Å²) in [7, 11) is 0. The number of fused-ring (bicyclic) bond motifs is 17. The highest BCUT2D eigenvalue weighted by atomic mass is 14.9. The Kier molecular flexibility index (Phi) is 7.80. The van der Waals surface area contributed by atoms with Crippen LogP contribution >= 0.6 is 0 Å². The van der Waals surface area contributed by atoms with E-state index in [1.807, 2.05) is 36.4 Å². The predicted molar refractivity (Wildman–Crippen MR) is 246 cm³/mol. The molecule has 12 rings (SSSR count). The van der Waals surface area contributed by atoms with Crippen molar-refractivity contribution in [1.82, 2.24) is 0 Å². The molecule has 0 amide bonds. The second-order valence-electron chi connectivity index (χ2n) is 15.5. The van der Waals surface area contributed by atoms with Crippen molar-refractivity contribution in [2.24, 2.45) is 0 Å². The molecule has 2 nitrogen and oxygen atoms in total. The second-order valence-corrected chi connectivity index (χ2v) is 15.5. The Morgan fingerprint density at radius 1 is 0.397 bits per heavy atom. The maximum absolute atomic E-state index is 6.81. The molecule has 2 aliphatic carbocycles. The zero-order valence-electron chi connectivity index (χ0n) is 32.2. The van der Waals surface area contributed by atoms with E-state index in [4.69, 9.17) is 5.73 Å². The molecule has 0 bridgehead atoms. The molecule has 10 aromatic carbocycles. The average molecular weight is 741 g/mol. The van der Waals surface area contributed by atoms with Crippen molar-refractivity contribution in [2.45, 2.75) is 12.3 Å². The number of hydrogen-bond donors (Lipinski definition) is 2. The molecule has 10 aromatic rings. The molecule has 0 heterocycles. The van der Waals surface area contributed by atoms with Gasteiger partial charge < -0.3 is 11.1 Å². The van der Waals surface area contributed by atoms with E-state index in [0.717, 1.165) is 16.9 Å². The molecule has 0 unspecified atom stereocenters. The van der Waals surface area contributed by atoms with Gasteiger partial charge in [-0.3, -0.25) is 0 Å². The number of hydrogen-bond acceptors (Lipinski definition) is 2. The summed E-state index contributed by atoms with van der Waals surface area (Å²) < 4.78 is 0. The number of aryl methyl sites for hydroxylation is 1. The molecule has 0 radical (unpaired) electrons. The Balaban J connectivity index is 0.000000502. The van der Waals surface area contributed by atoms with Crippen molar-refractivity contribution in [1.29, 1.82) is 0 Å². The lowest BCUT2D eigenvalue weighted by molar-refractivity contribution is 0.809. The maximum Gasteiger partial charge on any atom is 0.0737 e. The van der Waals surface area contributed by atoms with Crippen LogP contribution in [0, 0.1) is 6.92 Å². The summed E-state index contributed by atoms with van der Waals surface area (Å²) >= 11 is 0. The van der Waals surface area contributed by atoms with Gasteiger partial charge in [-0.25, -0.2) is 0 Å². The van der Waals surface area contributed by atoms with E-state index in [2.05, 4.69) is 182 Å². The van der Waals surface area contributed by atoms with E-state index in [1.54, 1.807) is 0 Å². The summed E-state index contributed by atoms with van der Waals surface area (Å²) in [6, 6.07) is 74.6. The lowest BCUT2D eigenvalue weighted by Gasteiger charge is -2.33. The third kappa shape index (κ3) is 4.98. The third-order valence-corrected chi connectivity index (χ3v) is 12.3. The van der Waals surface area contributed by atoms with E-state index in [1.165, 1.54) is 88.0 Å². The van der Waals surface area contributed by atoms with Gasteiger partial charge in [0.1, 0.15) is 0 Å². The van der Waals surface area contributed by atoms with Crippen LogP contribution in [0.4, 0.5) is 17.1 Å². The molecule has 58 heavy (non-hydrogen) atoms. The van der Waals surface area contributed by atoms with E-state index in [-0.39, 0.29) is 0 Å². The molecule has 3 N–H and O–H groups in total. The zero-order valence-corrected chi connectivity index (χ0v) is 32.2. The van der Waals surface area contributed by atoms with Crippen LogP contribution in [0.2, 0.25) is 0 Å². The first-order valence-electron chi connectivity index (χ1n) is 20.1. The van der Waals surface area contributed by atoms with Crippen LogP contribution in [0.1, 0.15) is 27.8 Å². The van der Waals surface area contributed by atoms with Gasteiger partial charge in [-0.15, -0.1) is 0 Å². The average Bonchev–Trinajstić information content (AvgIpc) is 3.76. The van der Waals surface area contributed by atoms with Crippen molar-refractivity contribution >= 4 is 49.4 Å². The minimum absolute atomic E-state index is 0.498. The predicted octanol–water partition coefficient (Wildman–Crippen LogP) is 14.5. The van der Waals surface area contributed by atoms with Gasteiger partial charge >= 0.3 is 0 Å². The molecular weight excluding hydrogens is 701 g/mol. The van der Waals surface area contributed by atoms with E-state index in [9.17, 15) is 0 Å². The fourth-order valence-electron chi connectivity index (χ4n) is 9.98. The number of nitrogens with one attached hydrogen (secondary N) is 1. The van der Waals surface area contributed by atoms with Crippen molar-refractivity contribution in [3.8, 4) is 33.4 Å². The van der Waals surface area contributed by atoms with Gasteiger partial charge in [0.05, 0.1) is 16.8 Å². The first-order chi connectivity index (χ1) is 28.6. The van der Waals surface area contributed by atoms with Crippen LogP contribution in [0.3, 0.4) is 0 Å². The zero-order chi connectivity index (χ0) is 38.8. The van der Waals surface area contributed by atoms with Gasteiger partial charge in [0.2, 0.25) is 0 Å². The van der Waals surface area contributed by atoms with Crippen LogP contribution in [0.5, 0.6) is 0 Å². The second kappa shape index (κ2) is 13.4. The fraction of sp³-hybridized carbons (Fsp3) is 0.0357. The van der Waals surface area contributed by atoms with Crippen molar-refractivity contribution in [3.05, 3.63) is 234 Å². The summed E-state index contributed by atoms with van der Waals surface area (Å²) in [5, 5.41) is 11.2. The standard InChI is InChI=1S/C49H32N2.C7H8/c50-44-28-30(26-27-45(44)51-31-14-2-1-3-15-31)40-29-41-46-37-21-7-4-16-32(37)33-17-5-9-23-39(33)48(46)49(47(41)38-22-8-6-18-34(38)40)42-24-12-10-19-35(42)36-20-11-13-25-43(36)49;1-7-5-3-2-4-6-7/h1-29,51H,50H2;2-6H,1H3. The van der Waals surface area contributed by atoms with Crippen LogP contribution in [-0.2, 0) is 5.41 Å². The Morgan fingerprint density at radius 3 is 1.50 bits per heavy atom. The smallest absolute Gasteiger partial charge is 0.0737 e. The van der Waals surface area contributed by atoms with E-state index < -0.39 is 5.41 Å². The Hall–Kier alpha value is -7.42. The largest absolute Gasteiger partial charge is 0.397 e. The molecule has 0 saturated carbocycles. The monoisotopic (exact) mass is 740 g/mol. The molecule has 2 heteroatoms. The van der Waals surface area contributed by atoms with Gasteiger partial charge in [-0.1, -0.05) is 181 Å². The lowest BCUT2D eigenvalue weighted by atomic mass is 9.68. The molecular formula is C56H40N2. The van der Waals surface area contributed by atoms with Gasteiger partial charge in [0.25, 0.3) is 0 Å². The number of benzene rings is 10. The third-order valence-electron chi connectivity index (χ3n) is 12.3. The molecule has 2 aliphatic rings. The van der Waals surface area contributed by atoms with Crippen LogP contribution in [-0.4, -0.2) is 0 Å². The minimum atomic E-state index is -0.498. The van der Waals surface area contributed by atoms with Gasteiger partial charge in [-0.05, 0) is 125 Å². The fourth-order valence-corrected chi connectivity index (χ4v) is 9.98. The molecule has 0 saturated heterocycles. The normalized spacial score (nSPS) is 12.8. The number of para-hydroxylation sites is 1. The van der Waals surface area contributed by atoms with Crippen LogP contribution < -0.4 is 11.1 Å². The quantitative estimate of drug-likeness (QED) is 0.140. The number of rotatable bonds is 3.